The second-order valence-electron chi connectivity index (χ2n) is 6.41. The van der Waals surface area contributed by atoms with Crippen molar-refractivity contribution in [2.24, 2.45) is 5.73 Å². The number of rotatable bonds is 5. The van der Waals surface area contributed by atoms with Crippen LogP contribution in [0.4, 0.5) is 5.69 Å². The van der Waals surface area contributed by atoms with Crippen molar-refractivity contribution in [2.75, 3.05) is 17.6 Å². The van der Waals surface area contributed by atoms with Crippen LogP contribution in [0.15, 0.2) is 36.4 Å². The molecule has 1 aliphatic carbocycles. The van der Waals surface area contributed by atoms with Gasteiger partial charge in [-0.25, -0.2) is 8.42 Å². The smallest absolute Gasteiger partial charge is 0.232 e. The summed E-state index contributed by atoms with van der Waals surface area (Å²) in [6.07, 6.45) is 2.90. The molecule has 0 amide bonds. The molecule has 1 unspecified atom stereocenters. The molecule has 0 bridgehead atoms. The standard InChI is InChI=1S/C19H24N2O3S/c1-3-25(22,23)21-18-12-16(7-9-19(18)24-2)13-4-5-15-11-17(20)8-6-14(15)10-13/h4-5,7,9-10,12,17,21H,3,6,8,11,20H2,1-2H3. The Hall–Kier alpha value is -2.05. The van der Waals surface area contributed by atoms with E-state index in [2.05, 4.69) is 22.9 Å². The second-order valence-corrected chi connectivity index (χ2v) is 8.42. The molecule has 134 valence electrons. The number of nitrogens with two attached hydrogens (primary N) is 1. The average Bonchev–Trinajstić information content (AvgIpc) is 2.61. The number of fused-ring (bicyclic) bond motifs is 1. The lowest BCUT2D eigenvalue weighted by Gasteiger charge is -2.22. The summed E-state index contributed by atoms with van der Waals surface area (Å²) in [7, 11) is -1.84. The van der Waals surface area contributed by atoms with Gasteiger partial charge in [0.15, 0.2) is 0 Å². The zero-order chi connectivity index (χ0) is 18.0. The van der Waals surface area contributed by atoms with E-state index in [0.717, 1.165) is 30.4 Å². The second kappa shape index (κ2) is 7.06. The fourth-order valence-electron chi connectivity index (χ4n) is 3.17. The minimum Gasteiger partial charge on any atom is -0.495 e. The van der Waals surface area contributed by atoms with Gasteiger partial charge in [-0.1, -0.05) is 24.3 Å². The lowest BCUT2D eigenvalue weighted by Crippen LogP contribution is -2.27. The van der Waals surface area contributed by atoms with Crippen LogP contribution < -0.4 is 15.2 Å². The predicted molar refractivity (Wildman–Crippen MR) is 102 cm³/mol. The maximum Gasteiger partial charge on any atom is 0.232 e. The maximum atomic E-state index is 11.9. The number of ether oxygens (including phenoxy) is 1. The first kappa shape index (κ1) is 17.8. The zero-order valence-corrected chi connectivity index (χ0v) is 15.4. The van der Waals surface area contributed by atoms with Crippen LogP contribution in [-0.2, 0) is 22.9 Å². The molecule has 1 atom stereocenters. The highest BCUT2D eigenvalue weighted by Crippen LogP contribution is 2.33. The van der Waals surface area contributed by atoms with Crippen molar-refractivity contribution in [3.05, 3.63) is 47.5 Å². The van der Waals surface area contributed by atoms with E-state index in [0.29, 0.717) is 11.4 Å². The van der Waals surface area contributed by atoms with Gasteiger partial charge in [0.2, 0.25) is 10.0 Å². The number of hydrogen-bond acceptors (Lipinski definition) is 4. The van der Waals surface area contributed by atoms with Crippen LogP contribution in [0, 0.1) is 0 Å². The Morgan fingerprint density at radius 2 is 1.88 bits per heavy atom. The van der Waals surface area contributed by atoms with Crippen LogP contribution in [0.25, 0.3) is 11.1 Å². The number of aryl methyl sites for hydroxylation is 1. The lowest BCUT2D eigenvalue weighted by atomic mass is 9.86. The van der Waals surface area contributed by atoms with Gasteiger partial charge >= 0.3 is 0 Å². The van der Waals surface area contributed by atoms with Gasteiger partial charge in [-0.15, -0.1) is 0 Å². The summed E-state index contributed by atoms with van der Waals surface area (Å²) >= 11 is 0. The van der Waals surface area contributed by atoms with Crippen molar-refractivity contribution >= 4 is 15.7 Å². The first-order chi connectivity index (χ1) is 11.9. The Bertz CT molecular complexity index is 878. The zero-order valence-electron chi connectivity index (χ0n) is 14.6. The highest BCUT2D eigenvalue weighted by atomic mass is 32.2. The predicted octanol–water partition coefficient (Wildman–Crippen LogP) is 2.94. The molecular weight excluding hydrogens is 336 g/mol. The van der Waals surface area contributed by atoms with Crippen molar-refractivity contribution in [1.82, 2.24) is 0 Å². The molecule has 0 heterocycles. The summed E-state index contributed by atoms with van der Waals surface area (Å²) in [5.41, 5.74) is 11.2. The average molecular weight is 360 g/mol. The van der Waals surface area contributed by atoms with Gasteiger partial charge in [-0.2, -0.15) is 0 Å². The molecule has 3 N–H and O–H groups in total. The largest absolute Gasteiger partial charge is 0.495 e. The minimum atomic E-state index is -3.37. The first-order valence-electron chi connectivity index (χ1n) is 8.48. The van der Waals surface area contributed by atoms with Crippen molar-refractivity contribution in [3.63, 3.8) is 0 Å². The first-order valence-corrected chi connectivity index (χ1v) is 10.1. The fraction of sp³-hybridized carbons (Fsp3) is 0.368. The van der Waals surface area contributed by atoms with E-state index in [1.165, 1.54) is 18.2 Å². The molecule has 0 radical (unpaired) electrons. The third-order valence-corrected chi connectivity index (χ3v) is 5.94. The van der Waals surface area contributed by atoms with E-state index in [4.69, 9.17) is 10.5 Å². The molecule has 6 heteroatoms. The highest BCUT2D eigenvalue weighted by molar-refractivity contribution is 7.92. The third kappa shape index (κ3) is 3.96. The van der Waals surface area contributed by atoms with Crippen LogP contribution >= 0.6 is 0 Å². The van der Waals surface area contributed by atoms with Crippen molar-refractivity contribution in [1.29, 1.82) is 0 Å². The summed E-state index contributed by atoms with van der Waals surface area (Å²) in [6, 6.07) is 12.2. The molecule has 0 spiro atoms. The summed E-state index contributed by atoms with van der Waals surface area (Å²) in [5.74, 6) is 0.518. The molecule has 0 fully saturated rings. The highest BCUT2D eigenvalue weighted by Gasteiger charge is 2.17. The lowest BCUT2D eigenvalue weighted by molar-refractivity contribution is 0.417. The molecule has 0 aliphatic heterocycles. The number of methoxy groups -OCH3 is 1. The Kier molecular flexibility index (Phi) is 5.01. The Labute approximate surface area is 149 Å². The normalized spacial score (nSPS) is 17.0. The van der Waals surface area contributed by atoms with Crippen molar-refractivity contribution < 1.29 is 13.2 Å². The van der Waals surface area contributed by atoms with Gasteiger partial charge in [0, 0.05) is 6.04 Å². The van der Waals surface area contributed by atoms with Crippen molar-refractivity contribution in [2.45, 2.75) is 32.2 Å². The fourth-order valence-corrected chi connectivity index (χ4v) is 3.81. The van der Waals surface area contributed by atoms with Crippen LogP contribution in [0.3, 0.4) is 0 Å². The Morgan fingerprint density at radius 3 is 2.60 bits per heavy atom. The number of nitrogens with one attached hydrogen (secondary N) is 1. The summed E-state index contributed by atoms with van der Waals surface area (Å²) in [6.45, 7) is 1.60. The van der Waals surface area contributed by atoms with E-state index >= 15 is 0 Å². The molecule has 0 saturated carbocycles. The quantitative estimate of drug-likeness (QED) is 0.859. The van der Waals surface area contributed by atoms with Gasteiger partial charge in [-0.05, 0) is 60.6 Å². The maximum absolute atomic E-state index is 11.9. The topological polar surface area (TPSA) is 81.4 Å². The van der Waals surface area contributed by atoms with Crippen LogP contribution in [0.1, 0.15) is 24.5 Å². The molecule has 0 saturated heterocycles. The van der Waals surface area contributed by atoms with E-state index in [-0.39, 0.29) is 11.8 Å². The molecule has 1 aliphatic rings. The van der Waals surface area contributed by atoms with E-state index in [1.54, 1.807) is 13.0 Å². The number of anilines is 1. The third-order valence-electron chi connectivity index (χ3n) is 4.65. The molecule has 3 rings (SSSR count). The monoisotopic (exact) mass is 360 g/mol. The summed E-state index contributed by atoms with van der Waals surface area (Å²) in [4.78, 5) is 0. The van der Waals surface area contributed by atoms with E-state index < -0.39 is 10.0 Å². The van der Waals surface area contributed by atoms with Gasteiger partial charge in [0.1, 0.15) is 5.75 Å². The molecule has 25 heavy (non-hydrogen) atoms. The Balaban J connectivity index is 1.98. The molecular formula is C19H24N2O3S. The minimum absolute atomic E-state index is 0.0134. The van der Waals surface area contributed by atoms with Crippen LogP contribution in [0.2, 0.25) is 0 Å². The van der Waals surface area contributed by atoms with Crippen LogP contribution in [-0.4, -0.2) is 27.3 Å². The molecule has 5 nitrogen and oxygen atoms in total. The molecule has 0 aromatic heterocycles. The SMILES string of the molecule is CCS(=O)(=O)Nc1cc(-c2ccc3c(c2)CCC(N)C3)ccc1OC. The molecule has 2 aromatic rings. The Morgan fingerprint density at radius 1 is 1.16 bits per heavy atom. The number of hydrogen-bond donors (Lipinski definition) is 2. The summed E-state index contributed by atoms with van der Waals surface area (Å²) in [5, 5.41) is 0. The molecule has 2 aromatic carbocycles. The van der Waals surface area contributed by atoms with Crippen molar-refractivity contribution in [3.8, 4) is 16.9 Å². The summed E-state index contributed by atoms with van der Waals surface area (Å²) < 4.78 is 31.7. The number of sulfonamides is 1. The van der Waals surface area contributed by atoms with E-state index in [1.807, 2.05) is 12.1 Å². The van der Waals surface area contributed by atoms with E-state index in [9.17, 15) is 8.42 Å². The number of benzene rings is 2. The van der Waals surface area contributed by atoms with Gasteiger partial charge < -0.3 is 10.5 Å². The van der Waals surface area contributed by atoms with Gasteiger partial charge in [0.25, 0.3) is 0 Å². The van der Waals surface area contributed by atoms with Gasteiger partial charge in [-0.3, -0.25) is 4.72 Å². The van der Waals surface area contributed by atoms with Crippen LogP contribution in [0.5, 0.6) is 5.75 Å². The van der Waals surface area contributed by atoms with Gasteiger partial charge in [0.05, 0.1) is 18.6 Å².